The number of allylic oxidation sites excluding steroid dienone is 19. The number of hydrogen-bond donors (Lipinski definition) is 1. The highest BCUT2D eigenvalue weighted by Crippen LogP contribution is 2.38. The Morgan fingerprint density at radius 1 is 0.444 bits per heavy atom. The minimum Gasteiger partial charge on any atom is -0.756 e. The van der Waals surface area contributed by atoms with Crippen LogP contribution in [-0.2, 0) is 27.9 Å². The van der Waals surface area contributed by atoms with Crippen LogP contribution in [0.1, 0.15) is 265 Å². The fourth-order valence-corrected chi connectivity index (χ4v) is 9.57. The molecule has 0 heterocycles. The molecular formula is C71H123N2O7P. The summed E-state index contributed by atoms with van der Waals surface area (Å²) in [5, 5.41) is 2.98. The minimum absolute atomic E-state index is 0.0418. The second-order valence-corrected chi connectivity index (χ2v) is 24.3. The number of unbranched alkanes of at least 4 members (excludes halogenated alkanes) is 24. The SMILES string of the molecule is CC/C=C\C/C=C\C/C=C\C/C=C\C/C=C\C/C=C\CCC(=O)NC(COP(=O)([O-])OCC[N+](C)(C)C)C(/C=C\CCCCCCCCCCC)OC(=O)CCCCCCCCCCCCCC/C=C\C/C=C\C/C=C\CCCCC. The van der Waals surface area contributed by atoms with Gasteiger partial charge in [-0.1, -0.05) is 265 Å². The van der Waals surface area contributed by atoms with E-state index in [-0.39, 0.29) is 31.3 Å². The summed E-state index contributed by atoms with van der Waals surface area (Å²) >= 11 is 0. The first kappa shape index (κ1) is 77.4. The smallest absolute Gasteiger partial charge is 0.306 e. The zero-order valence-corrected chi connectivity index (χ0v) is 53.8. The molecule has 3 atom stereocenters. The van der Waals surface area contributed by atoms with Crippen LogP contribution in [-0.4, -0.2) is 69.4 Å². The van der Waals surface area contributed by atoms with Crippen LogP contribution in [0.2, 0.25) is 0 Å². The Kier molecular flexibility index (Phi) is 56.9. The Labute approximate surface area is 499 Å². The fourth-order valence-electron chi connectivity index (χ4n) is 8.85. The van der Waals surface area contributed by atoms with E-state index >= 15 is 0 Å². The lowest BCUT2D eigenvalue weighted by molar-refractivity contribution is -0.870. The summed E-state index contributed by atoms with van der Waals surface area (Å²) in [6, 6.07) is -0.937. The molecule has 0 radical (unpaired) electrons. The number of hydrogen-bond acceptors (Lipinski definition) is 7. The molecule has 0 aliphatic carbocycles. The molecule has 0 rings (SSSR count). The molecule has 9 nitrogen and oxygen atoms in total. The lowest BCUT2D eigenvalue weighted by Crippen LogP contribution is -2.47. The number of esters is 1. The van der Waals surface area contributed by atoms with Crippen LogP contribution in [0.15, 0.2) is 122 Å². The topological polar surface area (TPSA) is 114 Å². The average Bonchev–Trinajstić information content (AvgIpc) is 3.43. The largest absolute Gasteiger partial charge is 0.756 e. The summed E-state index contributed by atoms with van der Waals surface area (Å²) in [6.45, 7) is 6.63. The highest BCUT2D eigenvalue weighted by Gasteiger charge is 2.27. The standard InChI is InChI=1S/C71H123N2O7P/c1-7-10-13-16-19-22-25-27-29-31-33-34-35-36-37-38-40-42-44-46-49-52-55-58-61-64-71(75)80-69(62-59-56-53-50-47-24-21-18-15-12-9-3)68(67-79-81(76,77)78-66-65-73(4,5)6)72-70(74)63-60-57-54-51-48-45-43-41-39-32-30-28-26-23-20-17-14-11-8-2/h11,14,19-20,22-23,27-30,33-34,39,41,45,48,54,57,59,62,68-69H,7-10,12-13,15-18,21,24-26,31-32,35-38,40,42-44,46-47,49-53,55-56,58,60-61,63-67H2,1-6H3,(H-,72,74,76,77)/b14-11-,22-19-,23-20-,29-27-,30-28-,34-33-,41-39-,48-45-,57-54-,62-59-. The molecule has 81 heavy (non-hydrogen) atoms. The first-order valence-corrected chi connectivity index (χ1v) is 34.3. The van der Waals surface area contributed by atoms with Crippen molar-refractivity contribution in [1.29, 1.82) is 0 Å². The van der Waals surface area contributed by atoms with Crippen molar-refractivity contribution in [2.45, 2.75) is 277 Å². The van der Waals surface area contributed by atoms with Gasteiger partial charge in [0.05, 0.1) is 33.8 Å². The summed E-state index contributed by atoms with van der Waals surface area (Å²) < 4.78 is 30.3. The van der Waals surface area contributed by atoms with Gasteiger partial charge in [-0.2, -0.15) is 0 Å². The van der Waals surface area contributed by atoms with Crippen LogP contribution >= 0.6 is 7.82 Å². The van der Waals surface area contributed by atoms with Crippen molar-refractivity contribution < 1.29 is 37.3 Å². The van der Waals surface area contributed by atoms with Gasteiger partial charge < -0.3 is 28.5 Å². The van der Waals surface area contributed by atoms with E-state index in [4.69, 9.17) is 13.8 Å². The van der Waals surface area contributed by atoms with E-state index in [1.165, 1.54) is 128 Å². The molecule has 3 unspecified atom stereocenters. The zero-order valence-electron chi connectivity index (χ0n) is 52.9. The maximum atomic E-state index is 13.5. The molecule has 0 saturated heterocycles. The van der Waals surface area contributed by atoms with Gasteiger partial charge in [-0.05, 0) is 109 Å². The zero-order chi connectivity index (χ0) is 59.3. The number of ether oxygens (including phenoxy) is 1. The van der Waals surface area contributed by atoms with E-state index in [0.717, 1.165) is 89.9 Å². The third kappa shape index (κ3) is 60.8. The third-order valence-electron chi connectivity index (χ3n) is 13.9. The maximum absolute atomic E-state index is 13.5. The summed E-state index contributed by atoms with van der Waals surface area (Å²) in [4.78, 5) is 40.0. The van der Waals surface area contributed by atoms with Gasteiger partial charge in [-0.3, -0.25) is 14.2 Å². The van der Waals surface area contributed by atoms with Crippen molar-refractivity contribution in [3.63, 3.8) is 0 Å². The normalized spacial score (nSPS) is 14.4. The monoisotopic (exact) mass is 1150 g/mol. The van der Waals surface area contributed by atoms with Gasteiger partial charge in [0.25, 0.3) is 7.82 Å². The van der Waals surface area contributed by atoms with Gasteiger partial charge >= 0.3 is 5.97 Å². The third-order valence-corrected chi connectivity index (χ3v) is 14.9. The lowest BCUT2D eigenvalue weighted by atomic mass is 10.0. The lowest BCUT2D eigenvalue weighted by Gasteiger charge is -2.30. The molecule has 464 valence electrons. The number of likely N-dealkylation sites (N-methyl/N-ethyl adjacent to an activating group) is 1. The Balaban J connectivity index is 5.21. The van der Waals surface area contributed by atoms with E-state index < -0.39 is 26.6 Å². The van der Waals surface area contributed by atoms with Crippen molar-refractivity contribution in [1.82, 2.24) is 5.32 Å². The number of carbonyl (C=O) groups is 2. The average molecular weight is 1150 g/mol. The van der Waals surface area contributed by atoms with Crippen LogP contribution < -0.4 is 10.2 Å². The first-order valence-electron chi connectivity index (χ1n) is 32.8. The highest BCUT2D eigenvalue weighted by molar-refractivity contribution is 7.45. The van der Waals surface area contributed by atoms with Crippen molar-refractivity contribution in [3.05, 3.63) is 122 Å². The number of amides is 1. The first-order chi connectivity index (χ1) is 39.4. The van der Waals surface area contributed by atoms with Crippen molar-refractivity contribution in [2.24, 2.45) is 0 Å². The van der Waals surface area contributed by atoms with E-state index in [1.54, 1.807) is 0 Å². The van der Waals surface area contributed by atoms with Gasteiger partial charge in [0, 0.05) is 12.8 Å². The van der Waals surface area contributed by atoms with Gasteiger partial charge in [-0.15, -0.1) is 0 Å². The minimum atomic E-state index is -4.73. The molecule has 0 aromatic carbocycles. The Morgan fingerprint density at radius 3 is 1.23 bits per heavy atom. The second-order valence-electron chi connectivity index (χ2n) is 22.9. The predicted molar refractivity (Wildman–Crippen MR) is 348 cm³/mol. The maximum Gasteiger partial charge on any atom is 0.306 e. The molecule has 0 bridgehead atoms. The van der Waals surface area contributed by atoms with Gasteiger partial charge in [0.2, 0.25) is 5.91 Å². The fraction of sp³-hybridized carbons (Fsp3) is 0.690. The molecule has 0 aromatic rings. The quantitative estimate of drug-likeness (QED) is 0.0212. The molecule has 10 heteroatoms. The van der Waals surface area contributed by atoms with Crippen LogP contribution in [0.4, 0.5) is 0 Å². The van der Waals surface area contributed by atoms with Gasteiger partial charge in [-0.25, -0.2) is 0 Å². The molecular weight excluding hydrogens is 1020 g/mol. The molecule has 1 amide bonds. The number of phosphoric acid groups is 1. The number of phosphoric ester groups is 1. The van der Waals surface area contributed by atoms with Crippen molar-refractivity contribution in [2.75, 3.05) is 40.9 Å². The highest BCUT2D eigenvalue weighted by atomic mass is 31.2. The van der Waals surface area contributed by atoms with Crippen molar-refractivity contribution >= 4 is 19.7 Å². The van der Waals surface area contributed by atoms with Crippen LogP contribution in [0.3, 0.4) is 0 Å². The Bertz CT molecular complexity index is 1800. The predicted octanol–water partition coefficient (Wildman–Crippen LogP) is 20.0. The summed E-state index contributed by atoms with van der Waals surface area (Å²) in [6.07, 6.45) is 83.4. The molecule has 1 N–H and O–H groups in total. The van der Waals surface area contributed by atoms with E-state index in [0.29, 0.717) is 23.9 Å². The van der Waals surface area contributed by atoms with Crippen LogP contribution in [0.25, 0.3) is 0 Å². The number of carbonyl (C=O) groups excluding carboxylic acids is 2. The molecule has 0 saturated carbocycles. The number of nitrogens with one attached hydrogen (secondary N) is 1. The van der Waals surface area contributed by atoms with E-state index in [2.05, 4.69) is 123 Å². The molecule has 0 aromatic heterocycles. The molecule has 0 aliphatic rings. The van der Waals surface area contributed by atoms with E-state index in [1.807, 2.05) is 45.4 Å². The second kappa shape index (κ2) is 59.6. The molecule has 0 aliphatic heterocycles. The summed E-state index contributed by atoms with van der Waals surface area (Å²) in [7, 11) is 1.12. The summed E-state index contributed by atoms with van der Waals surface area (Å²) in [5.74, 6) is -0.646. The Morgan fingerprint density at radius 2 is 0.802 bits per heavy atom. The number of quaternary nitrogens is 1. The van der Waals surface area contributed by atoms with Crippen LogP contribution in [0, 0.1) is 0 Å². The van der Waals surface area contributed by atoms with E-state index in [9.17, 15) is 19.0 Å². The number of rotatable bonds is 58. The van der Waals surface area contributed by atoms with Crippen molar-refractivity contribution in [3.8, 4) is 0 Å². The van der Waals surface area contributed by atoms with Crippen LogP contribution in [0.5, 0.6) is 0 Å². The molecule has 0 fully saturated rings. The molecule has 0 spiro atoms. The summed E-state index contributed by atoms with van der Waals surface area (Å²) in [5.41, 5.74) is 0. The number of nitrogens with zero attached hydrogens (tertiary/aromatic N) is 1. The van der Waals surface area contributed by atoms with Gasteiger partial charge in [0.15, 0.2) is 0 Å². The Hall–Kier alpha value is -3.59. The van der Waals surface area contributed by atoms with Gasteiger partial charge in [0.1, 0.15) is 19.3 Å².